The summed E-state index contributed by atoms with van der Waals surface area (Å²) < 4.78 is 43.6. The number of aliphatic carboxylic acids is 10. The number of hydrogen-bond donors (Lipinski definition) is 4. The molecule has 2 rings (SSSR count). The molecule has 0 aliphatic heterocycles. The van der Waals surface area contributed by atoms with Crippen molar-refractivity contribution in [3.8, 4) is 23.0 Å². The van der Waals surface area contributed by atoms with Crippen molar-refractivity contribution in [2.45, 2.75) is 17.0 Å². The van der Waals surface area contributed by atoms with E-state index in [9.17, 15) is 132 Å². The third-order valence-corrected chi connectivity index (χ3v) is 11.0. The summed E-state index contributed by atoms with van der Waals surface area (Å²) in [4.78, 5) is 127. The number of carboxylic acids is 11. The molecule has 38 heteroatoms. The summed E-state index contributed by atoms with van der Waals surface area (Å²) in [6.07, 6.45) is 0. The van der Waals surface area contributed by atoms with E-state index in [-0.39, 0.29) is 105 Å². The van der Waals surface area contributed by atoms with E-state index in [1.165, 1.54) is 0 Å². The normalized spacial score (nSPS) is 11.8. The third kappa shape index (κ3) is 34.2. The van der Waals surface area contributed by atoms with Gasteiger partial charge in [0.15, 0.2) is 0 Å². The number of phenolic OH excluding ortho intramolecular Hbond substituents is 2. The molecular weight excluding hydrogens is 1410 g/mol. The molecule has 0 heterocycles. The Bertz CT molecular complexity index is 2550. The zero-order chi connectivity index (χ0) is 60.3. The molecule has 2 radical (unpaired) electrons. The minimum atomic E-state index is -4.95. The van der Waals surface area contributed by atoms with Crippen molar-refractivity contribution in [2.24, 2.45) is 0 Å². The Balaban J connectivity index is 0. The Morgan fingerprint density at radius 1 is 0.432 bits per heavy atom. The maximum atomic E-state index is 11.7. The first-order valence-electron chi connectivity index (χ1n) is 22.1. The Kier molecular flexibility index (Phi) is 36.9. The summed E-state index contributed by atoms with van der Waals surface area (Å²) in [6, 6.07) is 2.89. The van der Waals surface area contributed by atoms with E-state index in [0.717, 1.165) is 59.7 Å². The molecule has 35 nitrogen and oxygen atoms in total. The summed E-state index contributed by atoms with van der Waals surface area (Å²) in [7, 11) is -4.95. The van der Waals surface area contributed by atoms with Crippen molar-refractivity contribution < 1.29 is 221 Å². The molecule has 450 valence electrons. The average Bonchev–Trinajstić information content (AvgIpc) is 3.28. The number of ether oxygens (including phenoxy) is 2. The van der Waals surface area contributed by atoms with Crippen LogP contribution in [0.3, 0.4) is 0 Å². The third-order valence-electron chi connectivity index (χ3n) is 10.1. The van der Waals surface area contributed by atoms with Gasteiger partial charge in [-0.15, -0.1) is 0 Å². The number of nitrogens with zero attached hydrogens (tertiary/aromatic N) is 6. The van der Waals surface area contributed by atoms with Gasteiger partial charge in [-0.3, -0.25) is 34.0 Å². The fourth-order valence-electron chi connectivity index (χ4n) is 6.99. The largest absolute Gasteiger partial charge is 3.00 e. The van der Waals surface area contributed by atoms with E-state index >= 15 is 0 Å². The van der Waals surface area contributed by atoms with Gasteiger partial charge in [-0.2, -0.15) is 8.42 Å². The molecule has 81 heavy (non-hydrogen) atoms. The first-order chi connectivity index (χ1) is 36.6. The minimum Gasteiger partial charge on any atom is -0.549 e. The molecule has 0 amide bonds. The van der Waals surface area contributed by atoms with E-state index < -0.39 is 214 Å². The van der Waals surface area contributed by atoms with Crippen LogP contribution >= 0.6 is 0 Å². The number of carbonyl (C=O) groups is 11. The van der Waals surface area contributed by atoms with Gasteiger partial charge >= 0.3 is 85.9 Å². The fraction of sp³-hybridized carbons (Fsp3) is 0.465. The molecule has 0 fully saturated rings. The number of phenols is 2. The van der Waals surface area contributed by atoms with Crippen molar-refractivity contribution in [3.63, 3.8) is 0 Å². The quantitative estimate of drug-likeness (QED) is 0.0450. The van der Waals surface area contributed by atoms with Crippen molar-refractivity contribution in [1.82, 2.24) is 29.4 Å². The number of rotatable bonds is 40. The number of carbonyl (C=O) groups excluding carboxylic acids is 10. The molecule has 4 N–H and O–H groups in total. The first kappa shape index (κ1) is 77.2. The minimum absolute atomic E-state index is 0. The Hall–Kier alpha value is -5.87. The maximum Gasteiger partial charge on any atom is 3.00 e. The second-order valence-electron chi connectivity index (χ2n) is 16.4. The van der Waals surface area contributed by atoms with Crippen LogP contribution in [0.2, 0.25) is 0 Å². The van der Waals surface area contributed by atoms with Crippen molar-refractivity contribution in [3.05, 3.63) is 42.0 Å². The van der Waals surface area contributed by atoms with Crippen molar-refractivity contribution >= 4 is 75.8 Å². The van der Waals surface area contributed by atoms with Gasteiger partial charge in [-0.1, -0.05) is 0 Å². The van der Waals surface area contributed by atoms with Crippen LogP contribution in [-0.2, 0) is 58.1 Å². The smallest absolute Gasteiger partial charge is 0.549 e. The summed E-state index contributed by atoms with van der Waals surface area (Å²) in [5.41, 5.74) is -0.494. The zero-order valence-corrected chi connectivity index (χ0v) is 47.0. The van der Waals surface area contributed by atoms with E-state index in [1.54, 1.807) is 0 Å². The molecule has 2 aromatic carbocycles. The predicted molar refractivity (Wildman–Crippen MR) is 231 cm³/mol. The molecule has 0 bridgehead atoms. The van der Waals surface area contributed by atoms with Gasteiger partial charge in [0.25, 0.3) is 10.1 Å². The zero-order valence-electron chi connectivity index (χ0n) is 41.6. The van der Waals surface area contributed by atoms with E-state index in [4.69, 9.17) is 9.47 Å². The van der Waals surface area contributed by atoms with Crippen LogP contribution in [0.15, 0.2) is 41.3 Å². The summed E-state index contributed by atoms with van der Waals surface area (Å²) in [5, 5.41) is 140. The van der Waals surface area contributed by atoms with Crippen LogP contribution in [-0.4, -0.2) is 253 Å². The summed E-state index contributed by atoms with van der Waals surface area (Å²) in [6.45, 7) is -13.1. The standard InChI is InChI=1S/C22H29N3O14.C21H29N3O15S.2Gd/c26-14-1-2-16(15(5-14)22(37)38)39-12-13(25(10-20(33)34)11-21(35)36)6-23(7-17(27)28)3-4-24(8-18(29)30)9-19(31)32;25-14-1-2-15(16(5-14)40(36,37)38)39-12-13(24(10-20(32)33)11-21(34)35)6-22(7-17(26)27)3-4-23(8-18(28)29)9-19(30)31;;/h1-2,5,13,26H,3-4,6-12H2,(H,27,28)(H,29,30)(H,31,32)(H,33,34)(H,35,36)(H,37,38);1-2,5,13,25H,3-4,6-12H2,(H,26,27)(H,28,29)(H,30,31)(H,32,33)(H,34,35)(H,36,37,38);;/q;;2*+3/p-10. The fourth-order valence-corrected chi connectivity index (χ4v) is 7.65. The summed E-state index contributed by atoms with van der Waals surface area (Å²) >= 11 is 0. The molecule has 0 aliphatic carbocycles. The van der Waals surface area contributed by atoms with Gasteiger partial charge < -0.3 is 124 Å². The number of aromatic carboxylic acids is 1. The molecule has 2 atom stereocenters. The number of benzene rings is 2. The molecule has 0 saturated heterocycles. The summed E-state index contributed by atoms with van der Waals surface area (Å²) in [5.74, 6) is -20.2. The van der Waals surface area contributed by atoms with Crippen LogP contribution in [0.1, 0.15) is 10.4 Å². The van der Waals surface area contributed by atoms with Gasteiger partial charge in [0.1, 0.15) is 46.7 Å². The SMILES string of the molecule is O=C([O-])CN(CCN(CC(=O)[O-])CC(COc1ccc(O)cc1C(=O)O)N(CC(=O)[O-])CC(=O)[O-])CC(=O)[O-].O=C([O-])CN(CCN(CC(=O)[O-])CC(COc1ccc(O)cc1S(=O)(=O)O)N(CC(=O)[O-])CC(=O)[O-])CC(=O)[O-].[Gd+3].[Gd+3]. The second kappa shape index (κ2) is 38.8. The Morgan fingerprint density at radius 3 is 1.00 bits per heavy atom. The predicted octanol–water partition coefficient (Wildman–Crippen LogP) is -17.5. The molecule has 0 spiro atoms. The van der Waals surface area contributed by atoms with Crippen molar-refractivity contribution in [2.75, 3.05) is 118 Å². The molecular formula is C43H48Gd2N6O29S-4. The van der Waals surface area contributed by atoms with Gasteiger partial charge in [-0.05, 0) is 30.3 Å². The first-order valence-corrected chi connectivity index (χ1v) is 23.6. The topological polar surface area (TPSA) is 571 Å². The van der Waals surface area contributed by atoms with Crippen molar-refractivity contribution in [1.29, 1.82) is 0 Å². The van der Waals surface area contributed by atoms with Crippen LogP contribution in [0.25, 0.3) is 0 Å². The van der Waals surface area contributed by atoms with Crippen LogP contribution < -0.4 is 60.5 Å². The van der Waals surface area contributed by atoms with Crippen LogP contribution in [0.5, 0.6) is 23.0 Å². The van der Waals surface area contributed by atoms with E-state index in [2.05, 4.69) is 0 Å². The molecule has 2 unspecified atom stereocenters. The molecule has 0 saturated carbocycles. The van der Waals surface area contributed by atoms with E-state index in [1.807, 2.05) is 0 Å². The Labute approximate surface area is 522 Å². The average molecular weight is 1460 g/mol. The van der Waals surface area contributed by atoms with Gasteiger partial charge in [0.05, 0.1) is 71.8 Å². The van der Waals surface area contributed by atoms with Gasteiger partial charge in [-0.25, -0.2) is 4.79 Å². The maximum absolute atomic E-state index is 11.7. The van der Waals surface area contributed by atoms with Gasteiger partial charge in [0.2, 0.25) is 0 Å². The van der Waals surface area contributed by atoms with Gasteiger partial charge in [0, 0.05) is 111 Å². The Morgan fingerprint density at radius 2 is 0.704 bits per heavy atom. The van der Waals surface area contributed by atoms with E-state index in [0.29, 0.717) is 6.07 Å². The molecule has 2 aromatic rings. The molecule has 0 aliphatic rings. The molecule has 0 aromatic heterocycles. The second-order valence-corrected chi connectivity index (χ2v) is 17.8. The number of aromatic hydroxyl groups is 2. The van der Waals surface area contributed by atoms with Crippen LogP contribution in [0.4, 0.5) is 0 Å². The number of carboxylic acid groups (broad SMARTS) is 11. The van der Waals surface area contributed by atoms with Crippen LogP contribution in [0, 0.1) is 79.9 Å². The monoisotopic (exact) mass is 1460 g/mol. The number of hydrogen-bond acceptors (Lipinski definition) is 33.